The Morgan fingerprint density at radius 1 is 1.00 bits per heavy atom. The number of fused-ring (bicyclic) bond motifs is 3. The first-order valence-corrected chi connectivity index (χ1v) is 18.5. The number of unbranched alkanes of at least 4 members (excludes halogenated alkanes) is 2. The summed E-state index contributed by atoms with van der Waals surface area (Å²) in [4.78, 5) is 22.0. The minimum atomic E-state index is -1.33. The zero-order chi connectivity index (χ0) is 36.7. The van der Waals surface area contributed by atoms with E-state index in [-0.39, 0.29) is 50.3 Å². The summed E-state index contributed by atoms with van der Waals surface area (Å²) in [6.07, 6.45) is 10.9. The number of allylic oxidation sites excluding steroid dienone is 1. The molecule has 4 aliphatic rings. The molecule has 2 aliphatic carbocycles. The quantitative estimate of drug-likeness (QED) is 0.102. The van der Waals surface area contributed by atoms with Gasteiger partial charge in [-0.25, -0.2) is 0 Å². The van der Waals surface area contributed by atoms with Crippen molar-refractivity contribution < 1.29 is 43.5 Å². The number of ether oxygens (including phenoxy) is 5. The zero-order valence-corrected chi connectivity index (χ0v) is 30.3. The van der Waals surface area contributed by atoms with Crippen LogP contribution in [-0.4, -0.2) is 85.4 Å². The number of aliphatic hydroxyl groups is 2. The highest BCUT2D eigenvalue weighted by Gasteiger charge is 2.65. The van der Waals surface area contributed by atoms with E-state index in [9.17, 15) is 15.0 Å². The minimum absolute atomic E-state index is 0.105. The van der Waals surface area contributed by atoms with E-state index in [1.807, 2.05) is 19.1 Å². The predicted octanol–water partition coefficient (Wildman–Crippen LogP) is 6.41. The van der Waals surface area contributed by atoms with E-state index in [0.29, 0.717) is 61.0 Å². The fourth-order valence-electron chi connectivity index (χ4n) is 8.49. The standard InChI is InChI=1S/C41H52N2O9/c1-5-20-47-29-15-17-34-32(24-29)38-30(13-9-11-19-45)27(12-8-10-18-44)22-31-33(42-51-7-3)25-37(41(52-34,39(31)38)50-21-6-2)43(4)40(46)28-14-16-35-36(23-28)49-26-48-35/h5-6,14-17,22-24,27,30,37-39,44-45H,1-2,7-13,18-21,25-26H2,3-4H3. The molecule has 0 saturated heterocycles. The molecule has 52 heavy (non-hydrogen) atoms. The maximum Gasteiger partial charge on any atom is 0.254 e. The van der Waals surface area contributed by atoms with Gasteiger partial charge in [0.2, 0.25) is 12.6 Å². The van der Waals surface area contributed by atoms with Gasteiger partial charge in [-0.1, -0.05) is 42.8 Å². The average molecular weight is 717 g/mol. The molecular weight excluding hydrogens is 664 g/mol. The molecule has 6 atom stereocenters. The maximum atomic E-state index is 14.5. The molecule has 1 fully saturated rings. The van der Waals surface area contributed by atoms with Crippen LogP contribution in [0.5, 0.6) is 23.0 Å². The molecule has 2 aromatic carbocycles. The Bertz CT molecular complexity index is 1660. The first-order valence-electron chi connectivity index (χ1n) is 18.5. The Hall–Kier alpha value is -4.32. The van der Waals surface area contributed by atoms with E-state index in [2.05, 4.69) is 25.3 Å². The van der Waals surface area contributed by atoms with Crippen molar-refractivity contribution in [3.05, 3.63) is 84.5 Å². The van der Waals surface area contributed by atoms with Gasteiger partial charge >= 0.3 is 0 Å². The molecule has 11 heteroatoms. The summed E-state index contributed by atoms with van der Waals surface area (Å²) in [7, 11) is 1.78. The number of likely N-dealkylation sites (N-methyl/N-ethyl adjacent to an activating group) is 1. The summed E-state index contributed by atoms with van der Waals surface area (Å²) < 4.78 is 31.3. The Morgan fingerprint density at radius 3 is 2.50 bits per heavy atom. The summed E-state index contributed by atoms with van der Waals surface area (Å²) in [6.45, 7) is 11.0. The molecule has 0 bridgehead atoms. The second-order valence-electron chi connectivity index (χ2n) is 13.8. The molecule has 0 aromatic heterocycles. The van der Waals surface area contributed by atoms with Crippen molar-refractivity contribution in [2.45, 2.75) is 69.6 Å². The number of amides is 1. The van der Waals surface area contributed by atoms with Crippen LogP contribution in [0.15, 0.2) is 78.5 Å². The molecule has 1 saturated carbocycles. The number of hydrogen-bond donors (Lipinski definition) is 2. The lowest BCUT2D eigenvalue weighted by atomic mass is 9.55. The summed E-state index contributed by atoms with van der Waals surface area (Å²) in [5.41, 5.74) is 3.18. The molecule has 2 aliphatic heterocycles. The summed E-state index contributed by atoms with van der Waals surface area (Å²) in [5.74, 6) is 0.638. The molecular formula is C41H52N2O9. The third-order valence-corrected chi connectivity index (χ3v) is 10.7. The van der Waals surface area contributed by atoms with Crippen molar-refractivity contribution in [2.75, 3.05) is 46.9 Å². The number of carbonyl (C=O) groups excluding carboxylic acids is 1. The van der Waals surface area contributed by atoms with Crippen LogP contribution in [-0.2, 0) is 9.57 Å². The van der Waals surface area contributed by atoms with E-state index < -0.39 is 17.7 Å². The highest BCUT2D eigenvalue weighted by molar-refractivity contribution is 6.03. The third kappa shape index (κ3) is 7.31. The fourth-order valence-corrected chi connectivity index (χ4v) is 8.49. The van der Waals surface area contributed by atoms with Gasteiger partial charge in [0.25, 0.3) is 5.91 Å². The van der Waals surface area contributed by atoms with Gasteiger partial charge in [-0.15, -0.1) is 6.58 Å². The van der Waals surface area contributed by atoms with E-state index in [1.165, 1.54) is 0 Å². The lowest BCUT2D eigenvalue weighted by Gasteiger charge is -2.59. The van der Waals surface area contributed by atoms with Crippen LogP contribution >= 0.6 is 0 Å². The number of nitrogens with zero attached hydrogens (tertiary/aromatic N) is 2. The van der Waals surface area contributed by atoms with E-state index in [4.69, 9.17) is 33.7 Å². The van der Waals surface area contributed by atoms with Gasteiger partial charge in [-0.3, -0.25) is 4.79 Å². The number of rotatable bonds is 18. The van der Waals surface area contributed by atoms with Gasteiger partial charge in [-0.2, -0.15) is 0 Å². The Labute approximate surface area is 306 Å². The number of oxime groups is 1. The van der Waals surface area contributed by atoms with Gasteiger partial charge in [-0.05, 0) is 86.4 Å². The van der Waals surface area contributed by atoms with Gasteiger partial charge in [0.15, 0.2) is 11.5 Å². The predicted molar refractivity (Wildman–Crippen MR) is 197 cm³/mol. The highest BCUT2D eigenvalue weighted by Crippen LogP contribution is 2.62. The molecule has 2 heterocycles. The largest absolute Gasteiger partial charge is 0.490 e. The number of carbonyl (C=O) groups is 1. The molecule has 2 aromatic rings. The fraction of sp³-hybridized carbons (Fsp3) is 0.512. The minimum Gasteiger partial charge on any atom is -0.490 e. The summed E-state index contributed by atoms with van der Waals surface area (Å²) >= 11 is 0. The topological polar surface area (TPSA) is 129 Å². The molecule has 6 rings (SSSR count). The highest BCUT2D eigenvalue weighted by atomic mass is 16.7. The number of hydrogen-bond acceptors (Lipinski definition) is 10. The van der Waals surface area contributed by atoms with Gasteiger partial charge in [0, 0.05) is 43.7 Å². The van der Waals surface area contributed by atoms with Gasteiger partial charge in [0.05, 0.1) is 18.2 Å². The smallest absolute Gasteiger partial charge is 0.254 e. The van der Waals surface area contributed by atoms with Crippen LogP contribution in [0.2, 0.25) is 0 Å². The second kappa shape index (κ2) is 17.0. The van der Waals surface area contributed by atoms with Crippen LogP contribution in [0.4, 0.5) is 0 Å². The Morgan fingerprint density at radius 2 is 1.75 bits per heavy atom. The van der Waals surface area contributed by atoms with Crippen LogP contribution in [0.25, 0.3) is 0 Å². The molecule has 6 unspecified atom stereocenters. The average Bonchev–Trinajstić information content (AvgIpc) is 3.64. The van der Waals surface area contributed by atoms with Crippen LogP contribution in [0, 0.1) is 17.8 Å². The molecule has 0 spiro atoms. The maximum absolute atomic E-state index is 14.5. The monoisotopic (exact) mass is 716 g/mol. The lowest BCUT2D eigenvalue weighted by molar-refractivity contribution is -0.252. The molecule has 1 amide bonds. The van der Waals surface area contributed by atoms with Gasteiger partial charge < -0.3 is 43.6 Å². The van der Waals surface area contributed by atoms with Crippen molar-refractivity contribution in [3.63, 3.8) is 0 Å². The van der Waals surface area contributed by atoms with Crippen molar-refractivity contribution in [3.8, 4) is 23.0 Å². The summed E-state index contributed by atoms with van der Waals surface area (Å²) in [6, 6.07) is 10.5. The normalized spacial score (nSPS) is 26.0. The zero-order valence-electron chi connectivity index (χ0n) is 30.3. The van der Waals surface area contributed by atoms with E-state index in [1.54, 1.807) is 42.3 Å². The number of aliphatic hydroxyl groups excluding tert-OH is 2. The van der Waals surface area contributed by atoms with Crippen molar-refractivity contribution in [1.82, 2.24) is 4.90 Å². The first-order chi connectivity index (χ1) is 25.4. The third-order valence-electron chi connectivity index (χ3n) is 10.7. The molecule has 2 N–H and O–H groups in total. The first kappa shape index (κ1) is 37.4. The van der Waals surface area contributed by atoms with Crippen molar-refractivity contribution >= 4 is 11.6 Å². The molecule has 280 valence electrons. The Kier molecular flexibility index (Phi) is 12.2. The molecule has 0 radical (unpaired) electrons. The van der Waals surface area contributed by atoms with Crippen LogP contribution < -0.4 is 18.9 Å². The SMILES string of the molecule is C=CCOc1ccc2c(c1)C1C(CCCCO)C(CCCCO)C=C3C(=NOCC)CC(N(C)C(=O)c4ccc5c(c4)OCO5)C(OCC=C)(O2)C31. The van der Waals surface area contributed by atoms with Crippen molar-refractivity contribution in [2.24, 2.45) is 22.9 Å². The number of benzene rings is 2. The van der Waals surface area contributed by atoms with Crippen molar-refractivity contribution in [1.29, 1.82) is 0 Å². The van der Waals surface area contributed by atoms with E-state index in [0.717, 1.165) is 42.5 Å². The van der Waals surface area contributed by atoms with E-state index >= 15 is 0 Å². The lowest BCUT2D eigenvalue weighted by Crippen LogP contribution is -2.69. The Balaban J connectivity index is 1.55. The van der Waals surface area contributed by atoms with Crippen LogP contribution in [0.1, 0.15) is 73.7 Å². The van der Waals surface area contributed by atoms with Crippen LogP contribution in [0.3, 0.4) is 0 Å². The molecule has 11 nitrogen and oxygen atoms in total. The second-order valence-corrected chi connectivity index (χ2v) is 13.8. The van der Waals surface area contributed by atoms with Gasteiger partial charge in [0.1, 0.15) is 30.8 Å². The summed E-state index contributed by atoms with van der Waals surface area (Å²) in [5, 5.41) is 24.3.